The molecule has 0 radical (unpaired) electrons. The number of amides is 1. The Hall–Kier alpha value is -3.19. The van der Waals surface area contributed by atoms with Crippen molar-refractivity contribution < 1.29 is 14.5 Å². The first-order valence-electron chi connectivity index (χ1n) is 7.60. The number of ether oxygens (including phenoxy) is 1. The van der Waals surface area contributed by atoms with Crippen molar-refractivity contribution in [3.05, 3.63) is 68.9 Å². The molecule has 0 aromatic heterocycles. The number of benzene rings is 2. The third-order valence-electron chi connectivity index (χ3n) is 3.82. The zero-order valence-electron chi connectivity index (χ0n) is 14.0. The highest BCUT2D eigenvalue weighted by Gasteiger charge is 2.31. The highest BCUT2D eigenvalue weighted by atomic mass is 35.5. The molecule has 0 spiro atoms. The SMILES string of the molecule is COc1ccc(Cl)cc1N1C(=O)/C(=C/c2ccc([N+](=O)[O-])cc2)N=C1C. The molecule has 1 amide bonds. The average Bonchev–Trinajstić information content (AvgIpc) is 2.89. The fourth-order valence-corrected chi connectivity index (χ4v) is 2.77. The van der Waals surface area contributed by atoms with Crippen molar-refractivity contribution in [3.8, 4) is 5.75 Å². The fraction of sp³-hybridized carbons (Fsp3) is 0.111. The molecule has 0 bridgehead atoms. The summed E-state index contributed by atoms with van der Waals surface area (Å²) in [4.78, 5) is 28.8. The van der Waals surface area contributed by atoms with Gasteiger partial charge in [-0.05, 0) is 48.9 Å². The number of non-ortho nitro benzene ring substituents is 1. The van der Waals surface area contributed by atoms with Crippen LogP contribution in [0, 0.1) is 10.1 Å². The number of amidine groups is 1. The topological polar surface area (TPSA) is 85.0 Å². The summed E-state index contributed by atoms with van der Waals surface area (Å²) in [5, 5.41) is 11.2. The van der Waals surface area contributed by atoms with Crippen molar-refractivity contribution in [1.82, 2.24) is 0 Å². The molecule has 0 N–H and O–H groups in total. The van der Waals surface area contributed by atoms with Gasteiger partial charge in [0.25, 0.3) is 11.6 Å². The van der Waals surface area contributed by atoms with Gasteiger partial charge in [-0.25, -0.2) is 4.99 Å². The first kappa shape index (κ1) is 17.6. The predicted octanol–water partition coefficient (Wildman–Crippen LogP) is 4.06. The average molecular weight is 372 g/mol. The Morgan fingerprint density at radius 1 is 1.23 bits per heavy atom. The molecule has 1 aliphatic rings. The number of nitro benzene ring substituents is 1. The number of hydrogen-bond donors (Lipinski definition) is 0. The van der Waals surface area contributed by atoms with Crippen LogP contribution in [-0.4, -0.2) is 23.8 Å². The van der Waals surface area contributed by atoms with E-state index in [1.54, 1.807) is 43.3 Å². The predicted molar refractivity (Wildman–Crippen MR) is 99.7 cm³/mol. The van der Waals surface area contributed by atoms with Gasteiger partial charge in [-0.3, -0.25) is 19.8 Å². The van der Waals surface area contributed by atoms with Crippen LogP contribution in [0.25, 0.3) is 6.08 Å². The van der Waals surface area contributed by atoms with Crippen molar-refractivity contribution in [3.63, 3.8) is 0 Å². The van der Waals surface area contributed by atoms with Crippen molar-refractivity contribution in [2.75, 3.05) is 12.0 Å². The number of nitrogens with zero attached hydrogens (tertiary/aromatic N) is 3. The Morgan fingerprint density at radius 2 is 1.92 bits per heavy atom. The summed E-state index contributed by atoms with van der Waals surface area (Å²) in [5.74, 6) is 0.638. The maximum absolute atomic E-state index is 12.8. The van der Waals surface area contributed by atoms with Crippen molar-refractivity contribution in [2.45, 2.75) is 6.92 Å². The Labute approximate surface area is 154 Å². The number of rotatable bonds is 4. The smallest absolute Gasteiger partial charge is 0.282 e. The second-order valence-electron chi connectivity index (χ2n) is 5.49. The minimum absolute atomic E-state index is 0.0186. The highest BCUT2D eigenvalue weighted by molar-refractivity contribution is 6.32. The van der Waals surface area contributed by atoms with E-state index >= 15 is 0 Å². The third-order valence-corrected chi connectivity index (χ3v) is 4.05. The van der Waals surface area contributed by atoms with Crippen LogP contribution in [0.3, 0.4) is 0 Å². The summed E-state index contributed by atoms with van der Waals surface area (Å²) < 4.78 is 5.31. The van der Waals surface area contributed by atoms with Gasteiger partial charge < -0.3 is 4.74 Å². The van der Waals surface area contributed by atoms with Crippen LogP contribution in [0.1, 0.15) is 12.5 Å². The lowest BCUT2D eigenvalue weighted by Crippen LogP contribution is -2.30. The fourth-order valence-electron chi connectivity index (χ4n) is 2.60. The Morgan fingerprint density at radius 3 is 2.54 bits per heavy atom. The number of carbonyl (C=O) groups excluding carboxylic acids is 1. The Bertz CT molecular complexity index is 951. The molecule has 0 fully saturated rings. The van der Waals surface area contributed by atoms with E-state index in [2.05, 4.69) is 4.99 Å². The first-order valence-corrected chi connectivity index (χ1v) is 7.98. The minimum atomic E-state index is -0.479. The number of nitro groups is 1. The lowest BCUT2D eigenvalue weighted by Gasteiger charge is -2.19. The van der Waals surface area contributed by atoms with Gasteiger partial charge in [-0.15, -0.1) is 0 Å². The van der Waals surface area contributed by atoms with Crippen LogP contribution in [0.2, 0.25) is 5.02 Å². The molecule has 3 rings (SSSR count). The second kappa shape index (κ2) is 6.97. The van der Waals surface area contributed by atoms with E-state index in [9.17, 15) is 14.9 Å². The van der Waals surface area contributed by atoms with E-state index in [0.717, 1.165) is 0 Å². The summed E-state index contributed by atoms with van der Waals surface area (Å²) >= 11 is 6.05. The third kappa shape index (κ3) is 3.29. The molecule has 7 nitrogen and oxygen atoms in total. The number of hydrogen-bond acceptors (Lipinski definition) is 5. The largest absolute Gasteiger partial charge is 0.495 e. The van der Waals surface area contributed by atoms with Gasteiger partial charge in [0.15, 0.2) is 0 Å². The van der Waals surface area contributed by atoms with E-state index in [0.29, 0.717) is 27.9 Å². The van der Waals surface area contributed by atoms with Crippen LogP contribution in [-0.2, 0) is 4.79 Å². The van der Waals surface area contributed by atoms with E-state index in [1.165, 1.54) is 24.1 Å². The highest BCUT2D eigenvalue weighted by Crippen LogP contribution is 2.35. The number of anilines is 1. The molecule has 0 atom stereocenters. The lowest BCUT2D eigenvalue weighted by atomic mass is 10.1. The Balaban J connectivity index is 1.95. The van der Waals surface area contributed by atoms with Gasteiger partial charge in [0.05, 0.1) is 17.7 Å². The maximum Gasteiger partial charge on any atom is 0.282 e. The Kier molecular flexibility index (Phi) is 4.73. The van der Waals surface area contributed by atoms with Gasteiger partial charge >= 0.3 is 0 Å². The summed E-state index contributed by atoms with van der Waals surface area (Å²) in [6, 6.07) is 10.9. The second-order valence-corrected chi connectivity index (χ2v) is 5.93. The van der Waals surface area contributed by atoms with Crippen LogP contribution >= 0.6 is 11.6 Å². The van der Waals surface area contributed by atoms with Gasteiger partial charge in [0.2, 0.25) is 0 Å². The molecule has 26 heavy (non-hydrogen) atoms. The van der Waals surface area contributed by atoms with Gasteiger partial charge in [0, 0.05) is 17.2 Å². The molecule has 2 aromatic carbocycles. The van der Waals surface area contributed by atoms with Gasteiger partial charge in [0.1, 0.15) is 17.3 Å². The summed E-state index contributed by atoms with van der Waals surface area (Å²) in [6.07, 6.45) is 1.58. The number of carbonyl (C=O) groups is 1. The van der Waals surface area contributed by atoms with Crippen molar-refractivity contribution in [1.29, 1.82) is 0 Å². The van der Waals surface area contributed by atoms with Gasteiger partial charge in [-0.2, -0.15) is 0 Å². The van der Waals surface area contributed by atoms with E-state index in [4.69, 9.17) is 16.3 Å². The number of methoxy groups -OCH3 is 1. The molecule has 0 saturated heterocycles. The summed E-state index contributed by atoms with van der Waals surface area (Å²) in [6.45, 7) is 1.70. The standard InChI is InChI=1S/C18H14ClN3O4/c1-11-20-15(9-12-3-6-14(7-4-12)22(24)25)18(23)21(11)16-10-13(19)5-8-17(16)26-2/h3-10H,1-2H3/b15-9-. The zero-order chi connectivity index (χ0) is 18.8. The minimum Gasteiger partial charge on any atom is -0.495 e. The van der Waals surface area contributed by atoms with E-state index in [1.807, 2.05) is 0 Å². The maximum atomic E-state index is 12.8. The normalized spacial score (nSPS) is 15.3. The molecule has 0 aliphatic carbocycles. The molecular weight excluding hydrogens is 358 g/mol. The molecule has 0 saturated carbocycles. The van der Waals surface area contributed by atoms with Crippen LogP contribution in [0.5, 0.6) is 5.75 Å². The monoisotopic (exact) mass is 371 g/mol. The summed E-state index contributed by atoms with van der Waals surface area (Å²) in [5.41, 5.74) is 1.34. The van der Waals surface area contributed by atoms with Crippen LogP contribution < -0.4 is 9.64 Å². The quantitative estimate of drug-likeness (QED) is 0.460. The molecular formula is C18H14ClN3O4. The first-order chi connectivity index (χ1) is 12.4. The van der Waals surface area contributed by atoms with E-state index in [-0.39, 0.29) is 17.3 Å². The lowest BCUT2D eigenvalue weighted by molar-refractivity contribution is -0.384. The number of halogens is 1. The molecule has 1 heterocycles. The van der Waals surface area contributed by atoms with Gasteiger partial charge in [-0.1, -0.05) is 11.6 Å². The van der Waals surface area contributed by atoms with Crippen molar-refractivity contribution in [2.24, 2.45) is 4.99 Å². The summed E-state index contributed by atoms with van der Waals surface area (Å²) in [7, 11) is 1.51. The van der Waals surface area contributed by atoms with Crippen molar-refractivity contribution >= 4 is 40.8 Å². The molecule has 2 aromatic rings. The molecule has 8 heteroatoms. The molecule has 0 unspecified atom stereocenters. The molecule has 1 aliphatic heterocycles. The van der Waals surface area contributed by atoms with Crippen LogP contribution in [0.4, 0.5) is 11.4 Å². The number of aliphatic imine (C=N–C) groups is 1. The zero-order valence-corrected chi connectivity index (χ0v) is 14.7. The van der Waals surface area contributed by atoms with Crippen LogP contribution in [0.15, 0.2) is 53.2 Å². The van der Waals surface area contributed by atoms with E-state index < -0.39 is 4.92 Å². The molecule has 132 valence electrons.